The number of nitro groups is 1. The lowest BCUT2D eigenvalue weighted by atomic mass is 9.85. The third kappa shape index (κ3) is 2.87. The van der Waals surface area contributed by atoms with Crippen LogP contribution >= 0.6 is 0 Å². The Bertz CT molecular complexity index is 630. The van der Waals surface area contributed by atoms with E-state index >= 15 is 0 Å². The number of hydrogen-bond acceptors (Lipinski definition) is 4. The Morgan fingerprint density at radius 2 is 1.79 bits per heavy atom. The van der Waals surface area contributed by atoms with Crippen molar-refractivity contribution >= 4 is 11.4 Å². The van der Waals surface area contributed by atoms with Crippen LogP contribution in [-0.2, 0) is 6.61 Å². The molecule has 24 heavy (non-hydrogen) atoms. The molecule has 1 aliphatic rings. The molecule has 5 nitrogen and oxygen atoms in total. The van der Waals surface area contributed by atoms with E-state index in [0.29, 0.717) is 4.90 Å². The Balaban J connectivity index is 2.48. The molecule has 0 aliphatic carbocycles. The molecule has 0 bridgehead atoms. The molecule has 2 rings (SSSR count). The maximum atomic E-state index is 13.1. The fourth-order valence-electron chi connectivity index (χ4n) is 2.71. The second-order valence-corrected chi connectivity index (χ2v) is 5.49. The second-order valence-electron chi connectivity index (χ2n) is 5.49. The van der Waals surface area contributed by atoms with E-state index in [-0.39, 0.29) is 11.3 Å². The molecule has 0 aromatic heterocycles. The van der Waals surface area contributed by atoms with Crippen LogP contribution in [0.2, 0.25) is 0 Å². The van der Waals surface area contributed by atoms with E-state index in [1.165, 1.54) is 6.07 Å². The van der Waals surface area contributed by atoms with E-state index in [2.05, 4.69) is 0 Å². The number of aliphatic hydroxyl groups excluding tert-OH is 1. The quantitative estimate of drug-likeness (QED) is 0.511. The molecular formula is C13H12F6N2O3. The van der Waals surface area contributed by atoms with Crippen LogP contribution in [0.5, 0.6) is 0 Å². The molecule has 0 amide bonds. The van der Waals surface area contributed by atoms with Gasteiger partial charge < -0.3 is 10.0 Å². The van der Waals surface area contributed by atoms with Crippen molar-refractivity contribution in [2.24, 2.45) is 5.41 Å². The lowest BCUT2D eigenvalue weighted by molar-refractivity contribution is -0.384. The highest BCUT2D eigenvalue weighted by Crippen LogP contribution is 2.56. The van der Waals surface area contributed by atoms with Crippen LogP contribution in [0.15, 0.2) is 18.2 Å². The highest BCUT2D eigenvalue weighted by atomic mass is 19.4. The minimum absolute atomic E-state index is 0.145. The highest BCUT2D eigenvalue weighted by molar-refractivity contribution is 5.65. The zero-order chi connectivity index (χ0) is 18.3. The van der Waals surface area contributed by atoms with Crippen molar-refractivity contribution < 1.29 is 36.4 Å². The molecule has 1 saturated heterocycles. The zero-order valence-corrected chi connectivity index (χ0v) is 12.0. The monoisotopic (exact) mass is 358 g/mol. The molecule has 134 valence electrons. The standard InChI is InChI=1S/C13H12F6N2O3/c14-12(15,16)11(13(17,18)19)3-4-20(7-11)10-5-8(6-22)1-2-9(10)21(23)24/h1-2,5,22H,3-4,6-7H2. The molecule has 1 N–H and O–H groups in total. The van der Waals surface area contributed by atoms with Crippen LogP contribution in [0, 0.1) is 15.5 Å². The maximum absolute atomic E-state index is 13.1. The van der Waals surface area contributed by atoms with Crippen LogP contribution in [-0.4, -0.2) is 35.5 Å². The average Bonchev–Trinajstić information content (AvgIpc) is 2.92. The third-order valence-corrected chi connectivity index (χ3v) is 4.11. The van der Waals surface area contributed by atoms with Gasteiger partial charge in [0.05, 0.1) is 11.5 Å². The summed E-state index contributed by atoms with van der Waals surface area (Å²) in [7, 11) is 0. The minimum atomic E-state index is -5.54. The van der Waals surface area contributed by atoms with Crippen molar-refractivity contribution in [1.82, 2.24) is 0 Å². The Hall–Kier alpha value is -2.04. The van der Waals surface area contributed by atoms with Crippen LogP contribution in [0.1, 0.15) is 12.0 Å². The maximum Gasteiger partial charge on any atom is 0.404 e. The predicted octanol–water partition coefficient (Wildman–Crippen LogP) is 3.41. The summed E-state index contributed by atoms with van der Waals surface area (Å²) in [5.74, 6) is 0. The van der Waals surface area contributed by atoms with E-state index in [0.717, 1.165) is 12.1 Å². The van der Waals surface area contributed by atoms with Crippen molar-refractivity contribution in [3.63, 3.8) is 0 Å². The number of hydrogen-bond donors (Lipinski definition) is 1. The van der Waals surface area contributed by atoms with Crippen LogP contribution in [0.4, 0.5) is 37.7 Å². The summed E-state index contributed by atoms with van der Waals surface area (Å²) in [5, 5.41) is 20.1. The Morgan fingerprint density at radius 3 is 2.21 bits per heavy atom. The van der Waals surface area contributed by atoms with Crippen molar-refractivity contribution in [2.45, 2.75) is 25.4 Å². The average molecular weight is 358 g/mol. The van der Waals surface area contributed by atoms with Gasteiger partial charge in [0.2, 0.25) is 0 Å². The summed E-state index contributed by atoms with van der Waals surface area (Å²) in [5.41, 5.74) is -4.79. The first-order valence-corrected chi connectivity index (χ1v) is 6.69. The molecule has 0 atom stereocenters. The molecule has 0 saturated carbocycles. The molecule has 1 aromatic rings. The number of nitrogens with zero attached hydrogens (tertiary/aromatic N) is 2. The van der Waals surface area contributed by atoms with Gasteiger partial charge in [0, 0.05) is 19.2 Å². The third-order valence-electron chi connectivity index (χ3n) is 4.11. The fraction of sp³-hybridized carbons (Fsp3) is 0.538. The summed E-state index contributed by atoms with van der Waals surface area (Å²) in [6.45, 7) is -2.66. The van der Waals surface area contributed by atoms with Gasteiger partial charge in [0.15, 0.2) is 5.41 Å². The molecule has 0 unspecified atom stereocenters. The van der Waals surface area contributed by atoms with E-state index in [1.54, 1.807) is 0 Å². The highest BCUT2D eigenvalue weighted by Gasteiger charge is 2.72. The van der Waals surface area contributed by atoms with E-state index in [4.69, 9.17) is 5.11 Å². The SMILES string of the molecule is O=[N+]([O-])c1ccc(CO)cc1N1CCC(C(F)(F)F)(C(F)(F)F)C1. The Morgan fingerprint density at radius 1 is 1.21 bits per heavy atom. The summed E-state index contributed by atoms with van der Waals surface area (Å²) in [6, 6.07) is 3.15. The van der Waals surface area contributed by atoms with Gasteiger partial charge in [-0.15, -0.1) is 0 Å². The van der Waals surface area contributed by atoms with E-state index in [9.17, 15) is 36.5 Å². The van der Waals surface area contributed by atoms with Gasteiger partial charge in [-0.3, -0.25) is 10.1 Å². The first-order valence-electron chi connectivity index (χ1n) is 6.69. The van der Waals surface area contributed by atoms with Gasteiger partial charge in [0.25, 0.3) is 5.69 Å². The Labute approximate surface area is 131 Å². The number of benzene rings is 1. The summed E-state index contributed by atoms with van der Waals surface area (Å²) in [4.78, 5) is 10.8. The number of rotatable bonds is 3. The molecule has 1 aliphatic heterocycles. The molecule has 11 heteroatoms. The van der Waals surface area contributed by atoms with Crippen LogP contribution in [0.25, 0.3) is 0 Å². The zero-order valence-electron chi connectivity index (χ0n) is 12.0. The van der Waals surface area contributed by atoms with Gasteiger partial charge in [-0.2, -0.15) is 26.3 Å². The van der Waals surface area contributed by atoms with E-state index in [1.807, 2.05) is 0 Å². The van der Waals surface area contributed by atoms with E-state index < -0.39 is 54.5 Å². The topological polar surface area (TPSA) is 66.6 Å². The fourth-order valence-corrected chi connectivity index (χ4v) is 2.71. The van der Waals surface area contributed by atoms with Gasteiger partial charge in [-0.1, -0.05) is 0 Å². The second kappa shape index (κ2) is 5.80. The molecule has 0 spiro atoms. The minimum Gasteiger partial charge on any atom is -0.392 e. The number of halogens is 6. The normalized spacial score (nSPS) is 18.0. The van der Waals surface area contributed by atoms with Gasteiger partial charge >= 0.3 is 12.4 Å². The number of alkyl halides is 6. The first-order chi connectivity index (χ1) is 10.9. The number of nitro benzene ring substituents is 1. The molecule has 1 aromatic carbocycles. The first kappa shape index (κ1) is 18.3. The van der Waals surface area contributed by atoms with Crippen molar-refractivity contribution in [1.29, 1.82) is 0 Å². The van der Waals surface area contributed by atoms with Crippen molar-refractivity contribution in [3.05, 3.63) is 33.9 Å². The van der Waals surface area contributed by atoms with Crippen molar-refractivity contribution in [3.8, 4) is 0 Å². The summed E-state index contributed by atoms with van der Waals surface area (Å²) in [6.07, 6.45) is -12.3. The largest absolute Gasteiger partial charge is 0.404 e. The van der Waals surface area contributed by atoms with Gasteiger partial charge in [0.1, 0.15) is 5.69 Å². The van der Waals surface area contributed by atoms with Crippen molar-refractivity contribution in [2.75, 3.05) is 18.0 Å². The molecular weight excluding hydrogens is 346 g/mol. The van der Waals surface area contributed by atoms with Crippen LogP contribution < -0.4 is 4.90 Å². The molecule has 1 fully saturated rings. The van der Waals surface area contributed by atoms with Crippen LogP contribution in [0.3, 0.4) is 0 Å². The smallest absolute Gasteiger partial charge is 0.392 e. The van der Waals surface area contributed by atoms with Gasteiger partial charge in [-0.25, -0.2) is 0 Å². The predicted molar refractivity (Wildman–Crippen MR) is 70.4 cm³/mol. The Kier molecular flexibility index (Phi) is 4.42. The number of aliphatic hydroxyl groups is 1. The lowest BCUT2D eigenvalue weighted by Crippen LogP contribution is -2.51. The van der Waals surface area contributed by atoms with Gasteiger partial charge in [-0.05, 0) is 24.1 Å². The number of anilines is 1. The molecule has 0 radical (unpaired) electrons. The summed E-state index contributed by atoms with van der Waals surface area (Å²) >= 11 is 0. The lowest BCUT2D eigenvalue weighted by Gasteiger charge is -2.33. The molecule has 1 heterocycles. The summed E-state index contributed by atoms with van der Waals surface area (Å²) < 4.78 is 78.5.